The lowest BCUT2D eigenvalue weighted by molar-refractivity contribution is -0.669. The number of pyridine rings is 1. The van der Waals surface area contributed by atoms with E-state index in [2.05, 4.69) is 106 Å². The van der Waals surface area contributed by atoms with E-state index >= 15 is 0 Å². The van der Waals surface area contributed by atoms with Crippen LogP contribution in [-0.4, -0.2) is 18.1 Å². The first-order chi connectivity index (χ1) is 15.7. The second-order valence-corrected chi connectivity index (χ2v) is 8.37. The minimum absolute atomic E-state index is 0.652. The van der Waals surface area contributed by atoms with E-state index in [0.717, 1.165) is 35.9 Å². The van der Waals surface area contributed by atoms with Crippen LogP contribution in [0.5, 0.6) is 0 Å². The van der Waals surface area contributed by atoms with Gasteiger partial charge in [-0.3, -0.25) is 0 Å². The highest BCUT2D eigenvalue weighted by Gasteiger charge is 2.11. The number of rotatable bonds is 8. The zero-order valence-corrected chi connectivity index (χ0v) is 19.6. The van der Waals surface area contributed by atoms with Gasteiger partial charge in [0.25, 0.3) is 0 Å². The number of anilines is 1. The van der Waals surface area contributed by atoms with Crippen LogP contribution in [0.3, 0.4) is 0 Å². The molecule has 4 rings (SSSR count). The number of hydrogen-bond acceptors (Lipinski definition) is 5. The van der Waals surface area contributed by atoms with E-state index < -0.39 is 0 Å². The van der Waals surface area contributed by atoms with Crippen LogP contribution in [0.25, 0.3) is 23.1 Å². The molecule has 0 amide bonds. The van der Waals surface area contributed by atoms with E-state index in [1.165, 1.54) is 27.9 Å². The topological polar surface area (TPSA) is 44.7 Å². The van der Waals surface area contributed by atoms with Crippen molar-refractivity contribution in [3.63, 3.8) is 0 Å². The maximum atomic E-state index is 4.40. The quantitative estimate of drug-likeness (QED) is 0.217. The minimum Gasteiger partial charge on any atom is -0.372 e. The van der Waals surface area contributed by atoms with Gasteiger partial charge in [0.1, 0.15) is 6.54 Å². The summed E-state index contributed by atoms with van der Waals surface area (Å²) in [6.45, 7) is 9.38. The van der Waals surface area contributed by atoms with E-state index in [1.54, 1.807) is 0 Å². The third-order valence-electron chi connectivity index (χ3n) is 5.45. The van der Waals surface area contributed by atoms with Crippen molar-refractivity contribution < 1.29 is 4.57 Å². The Morgan fingerprint density at radius 3 is 2.44 bits per heavy atom. The largest absolute Gasteiger partial charge is 0.372 e. The number of nitrogens with zero attached hydrogens (tertiary/aromatic N) is 5. The predicted octanol–water partition coefficient (Wildman–Crippen LogP) is 7.04. The number of hydrogen-bond donors (Lipinski definition) is 0. The predicted molar refractivity (Wildman–Crippen MR) is 135 cm³/mol. The number of aromatic nitrogens is 2. The van der Waals surface area contributed by atoms with Crippen molar-refractivity contribution in [2.24, 2.45) is 10.2 Å². The number of aryl methyl sites for hydroxylation is 1. The molecular weight excluding hydrogens is 414 g/mol. The molecule has 5 nitrogen and oxygen atoms in total. The molecule has 32 heavy (non-hydrogen) atoms. The Balaban J connectivity index is 1.47. The average molecular weight is 443 g/mol. The van der Waals surface area contributed by atoms with E-state index in [-0.39, 0.29) is 0 Å². The van der Waals surface area contributed by atoms with Gasteiger partial charge in [0, 0.05) is 53.4 Å². The maximum Gasteiger partial charge on any atom is 0.230 e. The molecule has 0 fully saturated rings. The van der Waals surface area contributed by atoms with E-state index in [9.17, 15) is 0 Å². The van der Waals surface area contributed by atoms with Crippen LogP contribution in [0, 0.1) is 0 Å². The first-order valence-corrected chi connectivity index (χ1v) is 11.9. The summed E-state index contributed by atoms with van der Waals surface area (Å²) in [4.78, 5) is 7.75. The van der Waals surface area contributed by atoms with Gasteiger partial charge in [0.2, 0.25) is 16.3 Å². The summed E-state index contributed by atoms with van der Waals surface area (Å²) in [7, 11) is 0. The van der Waals surface area contributed by atoms with Gasteiger partial charge in [-0.15, -0.1) is 10.2 Å². The lowest BCUT2D eigenvalue weighted by atomic mass is 10.2. The second kappa shape index (κ2) is 10.3. The fourth-order valence-electron chi connectivity index (χ4n) is 3.76. The molecular formula is C26H28N5S+. The van der Waals surface area contributed by atoms with Gasteiger partial charge in [0.15, 0.2) is 0 Å². The molecule has 0 aliphatic carbocycles. The Kier molecular flexibility index (Phi) is 7.02. The van der Waals surface area contributed by atoms with Crippen LogP contribution in [-0.2, 0) is 6.54 Å². The van der Waals surface area contributed by atoms with Crippen LogP contribution in [0.1, 0.15) is 31.3 Å². The van der Waals surface area contributed by atoms with Crippen LogP contribution < -0.4 is 9.47 Å². The summed E-state index contributed by atoms with van der Waals surface area (Å²) in [5, 5.41) is 10.6. The Morgan fingerprint density at radius 1 is 0.906 bits per heavy atom. The molecule has 2 aromatic carbocycles. The van der Waals surface area contributed by atoms with Crippen LogP contribution in [0.4, 0.5) is 16.5 Å². The summed E-state index contributed by atoms with van der Waals surface area (Å²) >= 11 is 1.53. The van der Waals surface area contributed by atoms with Crippen molar-refractivity contribution in [2.45, 2.75) is 27.3 Å². The molecule has 0 saturated carbocycles. The molecule has 0 N–H and O–H groups in total. The molecule has 162 valence electrons. The number of para-hydroxylation sites is 1. The summed E-state index contributed by atoms with van der Waals surface area (Å²) < 4.78 is 2.31. The Bertz CT molecular complexity index is 1240. The summed E-state index contributed by atoms with van der Waals surface area (Å²) in [6, 6.07) is 21.0. The third-order valence-corrected chi connectivity index (χ3v) is 6.29. The average Bonchev–Trinajstić information content (AvgIpc) is 3.30. The summed E-state index contributed by atoms with van der Waals surface area (Å²) in [5.41, 5.74) is 4.43. The molecule has 2 heterocycles. The molecule has 2 aromatic heterocycles. The Hall–Kier alpha value is -3.38. The van der Waals surface area contributed by atoms with Crippen molar-refractivity contribution >= 4 is 50.9 Å². The molecule has 0 unspecified atom stereocenters. The van der Waals surface area contributed by atoms with E-state index in [4.69, 9.17) is 0 Å². The standard InChI is InChI=1S/C26H28N5S/c1-4-30(5-2)22-15-12-21(13-16-22)28-29-26-27-19-24(32-26)18-17-23-14-11-20-9-7-8-10-25(20)31(23)6-3/h7-19H,4-6H2,1-3H3/q+1. The fraction of sp³-hybridized carbons (Fsp3) is 0.231. The summed E-state index contributed by atoms with van der Waals surface area (Å²) in [5.74, 6) is 0. The number of thiazole rings is 1. The summed E-state index contributed by atoms with van der Waals surface area (Å²) in [6.07, 6.45) is 6.07. The van der Waals surface area contributed by atoms with E-state index in [0.29, 0.717) is 5.13 Å². The molecule has 0 aliphatic heterocycles. The first kappa shape index (κ1) is 21.8. The Labute approximate surface area is 193 Å². The SMILES string of the molecule is CCN(CC)c1ccc(N=Nc2ncc(/C=C/c3ccc4ccccc4[n+]3CC)s2)cc1. The zero-order valence-electron chi connectivity index (χ0n) is 18.8. The third kappa shape index (κ3) is 4.92. The van der Waals surface area contributed by atoms with Crippen LogP contribution in [0.2, 0.25) is 0 Å². The first-order valence-electron chi connectivity index (χ1n) is 11.0. The molecule has 0 saturated heterocycles. The molecule has 6 heteroatoms. The number of fused-ring (bicyclic) bond motifs is 1. The van der Waals surface area contributed by atoms with Gasteiger partial charge >= 0.3 is 0 Å². The molecule has 0 bridgehead atoms. The highest BCUT2D eigenvalue weighted by molar-refractivity contribution is 7.16. The van der Waals surface area contributed by atoms with Crippen molar-refractivity contribution in [3.05, 3.63) is 77.4 Å². The molecule has 0 atom stereocenters. The van der Waals surface area contributed by atoms with Gasteiger partial charge in [-0.25, -0.2) is 4.98 Å². The molecule has 0 aliphatic rings. The molecule has 0 spiro atoms. The Morgan fingerprint density at radius 2 is 1.69 bits per heavy atom. The molecule has 4 aromatic rings. The van der Waals surface area contributed by atoms with Gasteiger partial charge in [-0.1, -0.05) is 23.5 Å². The van der Waals surface area contributed by atoms with Crippen molar-refractivity contribution in [1.82, 2.24) is 4.98 Å². The van der Waals surface area contributed by atoms with Crippen LogP contribution >= 0.6 is 11.3 Å². The highest BCUT2D eigenvalue weighted by atomic mass is 32.1. The monoisotopic (exact) mass is 442 g/mol. The maximum absolute atomic E-state index is 4.40. The van der Waals surface area contributed by atoms with Gasteiger partial charge in [-0.2, -0.15) is 4.57 Å². The van der Waals surface area contributed by atoms with Gasteiger partial charge in [0.05, 0.1) is 5.69 Å². The van der Waals surface area contributed by atoms with Gasteiger partial charge < -0.3 is 4.90 Å². The second-order valence-electron chi connectivity index (χ2n) is 7.33. The number of benzene rings is 2. The minimum atomic E-state index is 0.652. The van der Waals surface area contributed by atoms with Crippen LogP contribution in [0.15, 0.2) is 77.1 Å². The smallest absolute Gasteiger partial charge is 0.230 e. The highest BCUT2D eigenvalue weighted by Crippen LogP contribution is 2.26. The fourth-order valence-corrected chi connectivity index (χ4v) is 4.40. The van der Waals surface area contributed by atoms with Gasteiger partial charge in [-0.05, 0) is 63.2 Å². The molecule has 0 radical (unpaired) electrons. The van der Waals surface area contributed by atoms with Crippen molar-refractivity contribution in [2.75, 3.05) is 18.0 Å². The lowest BCUT2D eigenvalue weighted by Gasteiger charge is -2.20. The van der Waals surface area contributed by atoms with Crippen molar-refractivity contribution in [3.8, 4) is 0 Å². The number of azo groups is 1. The zero-order chi connectivity index (χ0) is 22.3. The van der Waals surface area contributed by atoms with Crippen molar-refractivity contribution in [1.29, 1.82) is 0 Å². The lowest BCUT2D eigenvalue weighted by Crippen LogP contribution is -2.36. The normalized spacial score (nSPS) is 11.7. The van der Waals surface area contributed by atoms with E-state index in [1.807, 2.05) is 18.3 Å².